The Hall–Kier alpha value is -4.00. The van der Waals surface area contributed by atoms with Gasteiger partial charge in [0.2, 0.25) is 5.82 Å². The lowest BCUT2D eigenvalue weighted by Gasteiger charge is -2.08. The van der Waals surface area contributed by atoms with Gasteiger partial charge in [-0.05, 0) is 49.7 Å². The summed E-state index contributed by atoms with van der Waals surface area (Å²) in [5.74, 6) is -0.601. The van der Waals surface area contributed by atoms with E-state index < -0.39 is 0 Å². The summed E-state index contributed by atoms with van der Waals surface area (Å²) in [6.07, 6.45) is 3.39. The monoisotopic (exact) mass is 399 g/mol. The van der Waals surface area contributed by atoms with Crippen LogP contribution in [-0.2, 0) is 6.54 Å². The van der Waals surface area contributed by atoms with Crippen LogP contribution >= 0.6 is 0 Å². The number of carbonyl (C=O) groups is 2. The molecular formula is C23H21N5O2. The van der Waals surface area contributed by atoms with E-state index in [1.807, 2.05) is 50.2 Å². The number of hydrogen-bond donors (Lipinski definition) is 2. The van der Waals surface area contributed by atoms with Gasteiger partial charge in [-0.3, -0.25) is 19.0 Å². The fourth-order valence-electron chi connectivity index (χ4n) is 3.25. The van der Waals surface area contributed by atoms with E-state index in [4.69, 9.17) is 0 Å². The molecule has 0 aliphatic carbocycles. The van der Waals surface area contributed by atoms with Crippen LogP contribution in [0, 0.1) is 13.8 Å². The molecule has 0 saturated carbocycles. The van der Waals surface area contributed by atoms with Crippen LogP contribution < -0.4 is 10.6 Å². The Morgan fingerprint density at radius 3 is 2.60 bits per heavy atom. The Labute approximate surface area is 173 Å². The van der Waals surface area contributed by atoms with E-state index in [9.17, 15) is 9.59 Å². The number of aryl methyl sites for hydroxylation is 2. The summed E-state index contributed by atoms with van der Waals surface area (Å²) in [6, 6.07) is 16.6. The smallest absolute Gasteiger partial charge is 0.292 e. The Morgan fingerprint density at radius 1 is 1.00 bits per heavy atom. The molecule has 4 aromatic rings. The van der Waals surface area contributed by atoms with Crippen LogP contribution in [-0.4, -0.2) is 26.2 Å². The molecule has 0 bridgehead atoms. The minimum absolute atomic E-state index is 0.147. The predicted octanol–water partition coefficient (Wildman–Crippen LogP) is 3.53. The second kappa shape index (κ2) is 8.16. The fourth-order valence-corrected chi connectivity index (χ4v) is 3.25. The third-order valence-corrected chi connectivity index (χ3v) is 4.75. The van der Waals surface area contributed by atoms with E-state index >= 15 is 0 Å². The molecule has 0 unspecified atom stereocenters. The molecule has 3 heterocycles. The average Bonchev–Trinajstić information content (AvgIpc) is 3.15. The molecule has 30 heavy (non-hydrogen) atoms. The molecule has 4 rings (SSSR count). The summed E-state index contributed by atoms with van der Waals surface area (Å²) >= 11 is 0. The normalized spacial score (nSPS) is 10.7. The molecule has 0 radical (unpaired) electrons. The zero-order valence-electron chi connectivity index (χ0n) is 16.7. The molecule has 0 aliphatic rings. The Kier molecular flexibility index (Phi) is 5.26. The SMILES string of the molecule is Cc1ccc(NC(=O)c2nc(C(=O)NCc3ccccn3)c3ccccn23)c(C)c1. The van der Waals surface area contributed by atoms with Crippen LogP contribution in [0.25, 0.3) is 5.52 Å². The highest BCUT2D eigenvalue weighted by Gasteiger charge is 2.21. The number of carbonyl (C=O) groups excluding carboxylic acids is 2. The summed E-state index contributed by atoms with van der Waals surface area (Å²) < 4.78 is 1.62. The second-order valence-corrected chi connectivity index (χ2v) is 7.02. The van der Waals surface area contributed by atoms with Crippen molar-refractivity contribution in [1.82, 2.24) is 19.7 Å². The third kappa shape index (κ3) is 3.91. The molecule has 0 saturated heterocycles. The zero-order chi connectivity index (χ0) is 21.1. The van der Waals surface area contributed by atoms with Gasteiger partial charge in [-0.2, -0.15) is 0 Å². The van der Waals surface area contributed by atoms with Crippen molar-refractivity contribution < 1.29 is 9.59 Å². The van der Waals surface area contributed by atoms with Crippen molar-refractivity contribution in [1.29, 1.82) is 0 Å². The van der Waals surface area contributed by atoms with E-state index in [0.29, 0.717) is 11.2 Å². The lowest BCUT2D eigenvalue weighted by molar-refractivity contribution is 0.0947. The molecule has 7 heteroatoms. The van der Waals surface area contributed by atoms with E-state index in [2.05, 4.69) is 20.6 Å². The van der Waals surface area contributed by atoms with Gasteiger partial charge in [0.1, 0.15) is 0 Å². The van der Waals surface area contributed by atoms with Crippen LogP contribution in [0.15, 0.2) is 67.0 Å². The maximum Gasteiger partial charge on any atom is 0.292 e. The van der Waals surface area contributed by atoms with E-state index in [1.165, 1.54) is 0 Å². The molecule has 3 aromatic heterocycles. The quantitative estimate of drug-likeness (QED) is 0.537. The highest BCUT2D eigenvalue weighted by atomic mass is 16.2. The lowest BCUT2D eigenvalue weighted by Crippen LogP contribution is -2.24. The maximum absolute atomic E-state index is 12.9. The highest BCUT2D eigenvalue weighted by Crippen LogP contribution is 2.19. The third-order valence-electron chi connectivity index (χ3n) is 4.75. The van der Waals surface area contributed by atoms with Gasteiger partial charge < -0.3 is 10.6 Å². The highest BCUT2D eigenvalue weighted by molar-refractivity contribution is 6.06. The number of amides is 2. The number of nitrogens with one attached hydrogen (secondary N) is 2. The second-order valence-electron chi connectivity index (χ2n) is 7.02. The van der Waals surface area contributed by atoms with Crippen LogP contribution in [0.3, 0.4) is 0 Å². The summed E-state index contributed by atoms with van der Waals surface area (Å²) in [5.41, 5.74) is 4.27. The van der Waals surface area contributed by atoms with Gasteiger partial charge in [-0.25, -0.2) is 4.98 Å². The van der Waals surface area contributed by atoms with Crippen molar-refractivity contribution >= 4 is 23.0 Å². The van der Waals surface area contributed by atoms with E-state index in [0.717, 1.165) is 16.8 Å². The number of imidazole rings is 1. The molecule has 0 fully saturated rings. The van der Waals surface area contributed by atoms with Gasteiger partial charge in [0.25, 0.3) is 11.8 Å². The minimum Gasteiger partial charge on any atom is -0.345 e. The molecule has 0 spiro atoms. The molecule has 150 valence electrons. The predicted molar refractivity (Wildman–Crippen MR) is 114 cm³/mol. The average molecular weight is 399 g/mol. The first-order chi connectivity index (χ1) is 14.5. The van der Waals surface area contributed by atoms with Crippen LogP contribution in [0.1, 0.15) is 37.9 Å². The number of aromatic nitrogens is 3. The van der Waals surface area contributed by atoms with E-state index in [1.54, 1.807) is 35.0 Å². The lowest BCUT2D eigenvalue weighted by atomic mass is 10.1. The van der Waals surface area contributed by atoms with Gasteiger partial charge in [-0.1, -0.05) is 29.8 Å². The summed E-state index contributed by atoms with van der Waals surface area (Å²) in [4.78, 5) is 34.3. The van der Waals surface area contributed by atoms with Crippen LogP contribution in [0.5, 0.6) is 0 Å². The molecule has 0 aliphatic heterocycles. The summed E-state index contributed by atoms with van der Waals surface area (Å²) in [7, 11) is 0. The summed E-state index contributed by atoms with van der Waals surface area (Å²) in [5, 5.41) is 5.71. The van der Waals surface area contributed by atoms with Crippen molar-refractivity contribution in [3.63, 3.8) is 0 Å². The number of nitrogens with zero attached hydrogens (tertiary/aromatic N) is 3. The first-order valence-corrected chi connectivity index (χ1v) is 9.57. The van der Waals surface area contributed by atoms with Gasteiger partial charge in [-0.15, -0.1) is 0 Å². The van der Waals surface area contributed by atoms with Gasteiger partial charge in [0.05, 0.1) is 17.8 Å². The van der Waals surface area contributed by atoms with Gasteiger partial charge in [0, 0.05) is 18.1 Å². The minimum atomic E-state index is -0.382. The number of pyridine rings is 2. The molecule has 2 amide bonds. The number of fused-ring (bicyclic) bond motifs is 1. The number of anilines is 1. The first-order valence-electron chi connectivity index (χ1n) is 9.57. The van der Waals surface area contributed by atoms with Crippen molar-refractivity contribution in [2.75, 3.05) is 5.32 Å². The van der Waals surface area contributed by atoms with Crippen molar-refractivity contribution in [2.24, 2.45) is 0 Å². The van der Waals surface area contributed by atoms with Crippen molar-refractivity contribution in [2.45, 2.75) is 20.4 Å². The molecule has 0 atom stereocenters. The fraction of sp³-hybridized carbons (Fsp3) is 0.130. The largest absolute Gasteiger partial charge is 0.345 e. The van der Waals surface area contributed by atoms with Crippen LogP contribution in [0.4, 0.5) is 5.69 Å². The standard InChI is InChI=1S/C23H21N5O2/c1-15-9-10-18(16(2)13-15)26-23(30)21-27-20(19-8-4-6-12-28(19)21)22(29)25-14-17-7-3-5-11-24-17/h3-13H,14H2,1-2H3,(H,25,29)(H,26,30). The number of hydrogen-bond acceptors (Lipinski definition) is 4. The molecule has 2 N–H and O–H groups in total. The first kappa shape index (κ1) is 19.3. The Bertz CT molecular complexity index is 1230. The zero-order valence-corrected chi connectivity index (χ0v) is 16.7. The van der Waals surface area contributed by atoms with Crippen LogP contribution in [0.2, 0.25) is 0 Å². The molecule has 7 nitrogen and oxygen atoms in total. The molecular weight excluding hydrogens is 378 g/mol. The Balaban J connectivity index is 1.61. The number of benzene rings is 1. The Morgan fingerprint density at radius 2 is 1.83 bits per heavy atom. The van der Waals surface area contributed by atoms with Crippen molar-refractivity contribution in [3.8, 4) is 0 Å². The van der Waals surface area contributed by atoms with Gasteiger partial charge in [0.15, 0.2) is 5.69 Å². The summed E-state index contributed by atoms with van der Waals surface area (Å²) in [6.45, 7) is 4.20. The van der Waals surface area contributed by atoms with E-state index in [-0.39, 0.29) is 29.9 Å². The number of rotatable bonds is 5. The maximum atomic E-state index is 12.9. The topological polar surface area (TPSA) is 88.4 Å². The van der Waals surface area contributed by atoms with Gasteiger partial charge >= 0.3 is 0 Å². The molecule has 1 aromatic carbocycles. The van der Waals surface area contributed by atoms with Crippen molar-refractivity contribution in [3.05, 3.63) is 95.3 Å².